The number of aryl methyl sites for hydroxylation is 2. The third kappa shape index (κ3) is 3.85. The van der Waals surface area contributed by atoms with Crippen LogP contribution in [0, 0.1) is 22.9 Å². The summed E-state index contributed by atoms with van der Waals surface area (Å²) in [5.41, 5.74) is 0.504. The fourth-order valence-corrected chi connectivity index (χ4v) is 1.76. The third-order valence-corrected chi connectivity index (χ3v) is 2.76. The molecule has 21 heavy (non-hydrogen) atoms. The predicted molar refractivity (Wildman–Crippen MR) is 73.3 cm³/mol. The number of benzene rings is 1. The van der Waals surface area contributed by atoms with Crippen LogP contribution in [0.15, 0.2) is 30.6 Å². The predicted octanol–water partition coefficient (Wildman–Crippen LogP) is 2.27. The van der Waals surface area contributed by atoms with E-state index < -0.39 is 16.4 Å². The summed E-state index contributed by atoms with van der Waals surface area (Å²) >= 11 is 0. The zero-order valence-corrected chi connectivity index (χ0v) is 11.2. The van der Waals surface area contributed by atoms with E-state index in [9.17, 15) is 19.3 Å². The van der Waals surface area contributed by atoms with Crippen LogP contribution in [0.1, 0.15) is 12.0 Å². The summed E-state index contributed by atoms with van der Waals surface area (Å²) in [6.07, 6.45) is 3.64. The minimum atomic E-state index is -0.940. The summed E-state index contributed by atoms with van der Waals surface area (Å²) < 4.78 is 14.8. The van der Waals surface area contributed by atoms with Crippen molar-refractivity contribution >= 4 is 17.3 Å². The maximum absolute atomic E-state index is 13.2. The lowest BCUT2D eigenvalue weighted by molar-refractivity contribution is -0.387. The molecule has 2 rings (SSSR count). The zero-order valence-electron chi connectivity index (χ0n) is 11.2. The first-order valence-corrected chi connectivity index (χ1v) is 6.18. The summed E-state index contributed by atoms with van der Waals surface area (Å²) in [4.78, 5) is 21.5. The quantitative estimate of drug-likeness (QED) is 0.676. The van der Waals surface area contributed by atoms with Crippen molar-refractivity contribution in [3.05, 3.63) is 52.1 Å². The largest absolute Gasteiger partial charge is 0.326 e. The molecule has 1 aromatic carbocycles. The molecular weight excluding hydrogens is 279 g/mol. The van der Waals surface area contributed by atoms with Gasteiger partial charge in [0.1, 0.15) is 0 Å². The van der Waals surface area contributed by atoms with Crippen molar-refractivity contribution in [2.75, 3.05) is 5.32 Å². The Morgan fingerprint density at radius 1 is 1.52 bits per heavy atom. The minimum absolute atomic E-state index is 0.159. The molecule has 7 nitrogen and oxygen atoms in total. The average Bonchev–Trinajstić information content (AvgIpc) is 2.84. The number of nitrogens with zero attached hydrogens (tertiary/aromatic N) is 3. The maximum atomic E-state index is 13.2. The number of nitro groups is 1. The Kier molecular flexibility index (Phi) is 4.27. The summed E-state index contributed by atoms with van der Waals surface area (Å²) in [5.74, 6) is -1.27. The van der Waals surface area contributed by atoms with E-state index in [2.05, 4.69) is 10.4 Å². The molecule has 0 aliphatic heterocycles. The molecule has 0 atom stereocenters. The normalized spacial score (nSPS) is 10.4. The van der Waals surface area contributed by atoms with Crippen molar-refractivity contribution in [1.82, 2.24) is 9.78 Å². The number of anilines is 1. The van der Waals surface area contributed by atoms with Gasteiger partial charge in [-0.1, -0.05) is 0 Å². The van der Waals surface area contributed by atoms with Crippen LogP contribution < -0.4 is 5.32 Å². The SMILES string of the molecule is Cc1cnn(CCC(=O)Nc2ccc(F)c([N+](=O)[O-])c2)c1. The monoisotopic (exact) mass is 292 g/mol. The topological polar surface area (TPSA) is 90.1 Å². The number of carbonyl (C=O) groups is 1. The van der Waals surface area contributed by atoms with E-state index in [1.807, 2.05) is 6.92 Å². The van der Waals surface area contributed by atoms with Crippen molar-refractivity contribution < 1.29 is 14.1 Å². The van der Waals surface area contributed by atoms with Gasteiger partial charge >= 0.3 is 5.69 Å². The zero-order chi connectivity index (χ0) is 15.4. The molecule has 0 spiro atoms. The molecule has 0 bridgehead atoms. The van der Waals surface area contributed by atoms with Crippen molar-refractivity contribution in [2.45, 2.75) is 19.9 Å². The number of aromatic nitrogens is 2. The van der Waals surface area contributed by atoms with Gasteiger partial charge in [-0.25, -0.2) is 0 Å². The molecule has 0 fully saturated rings. The molecule has 0 aliphatic rings. The number of amides is 1. The Labute approximate surface area is 119 Å². The highest BCUT2D eigenvalue weighted by molar-refractivity contribution is 5.90. The van der Waals surface area contributed by atoms with Crippen LogP contribution in [0.3, 0.4) is 0 Å². The van der Waals surface area contributed by atoms with Gasteiger partial charge < -0.3 is 5.32 Å². The first-order valence-electron chi connectivity index (χ1n) is 6.18. The van der Waals surface area contributed by atoms with Gasteiger partial charge in [0.05, 0.1) is 11.1 Å². The maximum Gasteiger partial charge on any atom is 0.306 e. The molecule has 1 aromatic heterocycles. The number of nitrogens with one attached hydrogen (secondary N) is 1. The Hall–Kier alpha value is -2.77. The smallest absolute Gasteiger partial charge is 0.306 e. The molecule has 0 saturated heterocycles. The second-order valence-corrected chi connectivity index (χ2v) is 4.50. The van der Waals surface area contributed by atoms with Crippen LogP contribution in [-0.2, 0) is 11.3 Å². The van der Waals surface area contributed by atoms with Crippen molar-refractivity contribution in [1.29, 1.82) is 0 Å². The van der Waals surface area contributed by atoms with E-state index in [0.29, 0.717) is 6.54 Å². The van der Waals surface area contributed by atoms with E-state index in [-0.39, 0.29) is 18.0 Å². The van der Waals surface area contributed by atoms with Gasteiger partial charge in [0.25, 0.3) is 0 Å². The first-order chi connectivity index (χ1) is 9.95. The minimum Gasteiger partial charge on any atom is -0.326 e. The van der Waals surface area contributed by atoms with E-state index >= 15 is 0 Å². The number of rotatable bonds is 5. The lowest BCUT2D eigenvalue weighted by Crippen LogP contribution is -2.15. The highest BCUT2D eigenvalue weighted by atomic mass is 19.1. The number of hydrogen-bond acceptors (Lipinski definition) is 4. The molecule has 0 aliphatic carbocycles. The Balaban J connectivity index is 1.96. The highest BCUT2D eigenvalue weighted by Crippen LogP contribution is 2.21. The second kappa shape index (κ2) is 6.12. The highest BCUT2D eigenvalue weighted by Gasteiger charge is 2.15. The van der Waals surface area contributed by atoms with Crippen molar-refractivity contribution in [2.24, 2.45) is 0 Å². The van der Waals surface area contributed by atoms with Crippen LogP contribution in [0.5, 0.6) is 0 Å². The molecule has 0 saturated carbocycles. The van der Waals surface area contributed by atoms with Crippen molar-refractivity contribution in [3.8, 4) is 0 Å². The average molecular weight is 292 g/mol. The molecule has 110 valence electrons. The van der Waals surface area contributed by atoms with Gasteiger partial charge in [0.15, 0.2) is 0 Å². The molecular formula is C13H13FN4O3. The Bertz CT molecular complexity index is 684. The van der Waals surface area contributed by atoms with Gasteiger partial charge in [-0.05, 0) is 24.6 Å². The Morgan fingerprint density at radius 2 is 2.29 bits per heavy atom. The van der Waals surface area contributed by atoms with E-state index in [0.717, 1.165) is 17.7 Å². The molecule has 1 N–H and O–H groups in total. The molecule has 2 aromatic rings. The molecule has 0 unspecified atom stereocenters. The molecule has 1 heterocycles. The van der Waals surface area contributed by atoms with Gasteiger partial charge in [-0.3, -0.25) is 19.6 Å². The fraction of sp³-hybridized carbons (Fsp3) is 0.231. The van der Waals surface area contributed by atoms with Gasteiger partial charge in [-0.2, -0.15) is 9.49 Å². The fourth-order valence-electron chi connectivity index (χ4n) is 1.76. The van der Waals surface area contributed by atoms with Crippen LogP contribution >= 0.6 is 0 Å². The number of carbonyl (C=O) groups excluding carboxylic acids is 1. The van der Waals surface area contributed by atoms with Gasteiger partial charge in [0.2, 0.25) is 11.7 Å². The number of nitro benzene ring substituents is 1. The van der Waals surface area contributed by atoms with Crippen molar-refractivity contribution in [3.63, 3.8) is 0 Å². The summed E-state index contributed by atoms with van der Waals surface area (Å²) in [6.45, 7) is 2.28. The summed E-state index contributed by atoms with van der Waals surface area (Å²) in [5, 5.41) is 17.1. The summed E-state index contributed by atoms with van der Waals surface area (Å²) in [6, 6.07) is 3.22. The molecule has 0 radical (unpaired) electrons. The first kappa shape index (κ1) is 14.6. The molecule has 8 heteroatoms. The third-order valence-electron chi connectivity index (χ3n) is 2.76. The number of halogens is 1. The van der Waals surface area contributed by atoms with Gasteiger partial charge in [0, 0.05) is 30.9 Å². The summed E-state index contributed by atoms with van der Waals surface area (Å²) in [7, 11) is 0. The van der Waals surface area contributed by atoms with Crippen LogP contribution in [-0.4, -0.2) is 20.6 Å². The number of hydrogen-bond donors (Lipinski definition) is 1. The standard InChI is InChI=1S/C13H13FN4O3/c1-9-7-15-17(8-9)5-4-13(19)16-10-2-3-11(14)12(6-10)18(20)21/h2-3,6-8H,4-5H2,1H3,(H,16,19). The van der Waals surface area contributed by atoms with Crippen LogP contribution in [0.25, 0.3) is 0 Å². The lowest BCUT2D eigenvalue weighted by Gasteiger charge is -2.05. The van der Waals surface area contributed by atoms with E-state index in [1.54, 1.807) is 17.1 Å². The van der Waals surface area contributed by atoms with Crippen LogP contribution in [0.4, 0.5) is 15.8 Å². The Morgan fingerprint density at radius 3 is 2.90 bits per heavy atom. The lowest BCUT2D eigenvalue weighted by atomic mass is 10.2. The molecule has 1 amide bonds. The second-order valence-electron chi connectivity index (χ2n) is 4.50. The van der Waals surface area contributed by atoms with E-state index in [4.69, 9.17) is 0 Å². The van der Waals surface area contributed by atoms with Crippen LogP contribution in [0.2, 0.25) is 0 Å². The van der Waals surface area contributed by atoms with E-state index in [1.165, 1.54) is 6.07 Å². The van der Waals surface area contributed by atoms with Gasteiger partial charge in [-0.15, -0.1) is 0 Å².